The molecule has 1 unspecified atom stereocenters. The van der Waals surface area contributed by atoms with E-state index in [4.69, 9.17) is 5.73 Å². The number of nitrogen functional groups attached to an aromatic ring is 1. The van der Waals surface area contributed by atoms with E-state index in [-0.39, 0.29) is 17.1 Å². The minimum Gasteiger partial charge on any atom is -0.505 e. The first-order valence-electron chi connectivity index (χ1n) is 8.64. The van der Waals surface area contributed by atoms with Crippen molar-refractivity contribution in [2.24, 2.45) is 0 Å². The van der Waals surface area contributed by atoms with Gasteiger partial charge in [0.1, 0.15) is 5.75 Å². The van der Waals surface area contributed by atoms with E-state index >= 15 is 0 Å². The quantitative estimate of drug-likeness (QED) is 0.493. The molecule has 3 N–H and O–H groups in total. The first-order chi connectivity index (χ1) is 11.9. The van der Waals surface area contributed by atoms with E-state index in [1.54, 1.807) is 0 Å². The van der Waals surface area contributed by atoms with Crippen molar-refractivity contribution < 1.29 is 5.11 Å². The number of nitrogens with two attached hydrogens (primary N) is 1. The average Bonchev–Trinajstić information content (AvgIpc) is 2.64. The zero-order valence-corrected chi connectivity index (χ0v) is 15.0. The molecule has 0 bridgehead atoms. The first-order valence-corrected chi connectivity index (χ1v) is 8.64. The van der Waals surface area contributed by atoms with Gasteiger partial charge in [0.05, 0.1) is 5.69 Å². The van der Waals surface area contributed by atoms with Crippen molar-refractivity contribution in [1.29, 1.82) is 0 Å². The van der Waals surface area contributed by atoms with E-state index in [9.17, 15) is 5.11 Å². The molecule has 3 rings (SSSR count). The highest BCUT2D eigenvalue weighted by Gasteiger charge is 2.28. The number of rotatable bonds is 4. The van der Waals surface area contributed by atoms with E-state index < -0.39 is 0 Å². The molecular formula is C23H25NO. The van der Waals surface area contributed by atoms with E-state index in [0.717, 1.165) is 16.7 Å². The summed E-state index contributed by atoms with van der Waals surface area (Å²) in [6, 6.07) is 24.6. The Morgan fingerprint density at radius 2 is 1.40 bits per heavy atom. The Kier molecular flexibility index (Phi) is 4.54. The molecule has 0 aliphatic carbocycles. The molecule has 0 aliphatic rings. The minimum absolute atomic E-state index is 0.179. The summed E-state index contributed by atoms with van der Waals surface area (Å²) >= 11 is 0. The van der Waals surface area contributed by atoms with E-state index in [1.807, 2.05) is 42.5 Å². The number of benzene rings is 3. The minimum atomic E-state index is -0.341. The highest BCUT2D eigenvalue weighted by Crippen LogP contribution is 2.42. The largest absolute Gasteiger partial charge is 0.505 e. The zero-order chi connectivity index (χ0) is 18.0. The predicted octanol–water partition coefficient (Wildman–Crippen LogP) is 5.45. The SMILES string of the molecule is CC(c1ccccc1)c1cc(N)c(O)c(C(C)(C)c2ccccc2)c1. The van der Waals surface area contributed by atoms with Crippen LogP contribution in [0, 0.1) is 0 Å². The third-order valence-electron chi connectivity index (χ3n) is 5.13. The number of hydrogen-bond donors (Lipinski definition) is 2. The Labute approximate surface area is 150 Å². The van der Waals surface area contributed by atoms with Gasteiger partial charge in [0.25, 0.3) is 0 Å². The Balaban J connectivity index is 2.11. The number of phenols is 1. The number of anilines is 1. The van der Waals surface area contributed by atoms with Crippen molar-refractivity contribution in [1.82, 2.24) is 0 Å². The summed E-state index contributed by atoms with van der Waals surface area (Å²) in [5, 5.41) is 10.6. The Hall–Kier alpha value is -2.74. The highest BCUT2D eigenvalue weighted by molar-refractivity contribution is 5.62. The monoisotopic (exact) mass is 331 g/mol. The molecule has 128 valence electrons. The van der Waals surface area contributed by atoms with Gasteiger partial charge in [-0.1, -0.05) is 87.5 Å². The van der Waals surface area contributed by atoms with Crippen molar-refractivity contribution in [3.63, 3.8) is 0 Å². The van der Waals surface area contributed by atoms with E-state index in [0.29, 0.717) is 5.69 Å². The third kappa shape index (κ3) is 3.25. The second-order valence-electron chi connectivity index (χ2n) is 7.13. The van der Waals surface area contributed by atoms with Crippen LogP contribution in [0.3, 0.4) is 0 Å². The van der Waals surface area contributed by atoms with Crippen molar-refractivity contribution in [3.05, 3.63) is 95.1 Å². The highest BCUT2D eigenvalue weighted by atomic mass is 16.3. The molecule has 0 aliphatic heterocycles. The van der Waals surface area contributed by atoms with Gasteiger partial charge in [-0.15, -0.1) is 0 Å². The summed E-state index contributed by atoms with van der Waals surface area (Å²) in [7, 11) is 0. The summed E-state index contributed by atoms with van der Waals surface area (Å²) in [6.07, 6.45) is 0. The van der Waals surface area contributed by atoms with Crippen molar-refractivity contribution in [2.45, 2.75) is 32.1 Å². The number of phenolic OH excluding ortho intramolecular Hbond substituents is 1. The average molecular weight is 331 g/mol. The maximum absolute atomic E-state index is 10.6. The molecule has 0 saturated carbocycles. The lowest BCUT2D eigenvalue weighted by molar-refractivity contribution is 0.455. The summed E-state index contributed by atoms with van der Waals surface area (Å²) in [4.78, 5) is 0. The van der Waals surface area contributed by atoms with Crippen LogP contribution in [0.1, 0.15) is 48.9 Å². The van der Waals surface area contributed by atoms with Crippen LogP contribution in [0.5, 0.6) is 5.75 Å². The van der Waals surface area contributed by atoms with Gasteiger partial charge >= 0.3 is 0 Å². The smallest absolute Gasteiger partial charge is 0.142 e. The maximum Gasteiger partial charge on any atom is 0.142 e. The molecule has 0 radical (unpaired) electrons. The molecule has 2 nitrogen and oxygen atoms in total. The van der Waals surface area contributed by atoms with Gasteiger partial charge < -0.3 is 10.8 Å². The lowest BCUT2D eigenvalue weighted by Crippen LogP contribution is -2.20. The van der Waals surface area contributed by atoms with Crippen LogP contribution in [-0.4, -0.2) is 5.11 Å². The molecule has 0 saturated heterocycles. The number of hydrogen-bond acceptors (Lipinski definition) is 2. The summed E-state index contributed by atoms with van der Waals surface area (Å²) < 4.78 is 0. The van der Waals surface area contributed by atoms with Gasteiger partial charge in [0.15, 0.2) is 0 Å². The van der Waals surface area contributed by atoms with Gasteiger partial charge in [-0.05, 0) is 22.8 Å². The van der Waals surface area contributed by atoms with E-state index in [2.05, 4.69) is 51.1 Å². The number of aromatic hydroxyl groups is 1. The maximum atomic E-state index is 10.6. The molecular weight excluding hydrogens is 306 g/mol. The zero-order valence-electron chi connectivity index (χ0n) is 15.0. The molecule has 25 heavy (non-hydrogen) atoms. The fourth-order valence-corrected chi connectivity index (χ4v) is 3.35. The van der Waals surface area contributed by atoms with Crippen molar-refractivity contribution >= 4 is 5.69 Å². The molecule has 0 amide bonds. The molecule has 0 spiro atoms. The van der Waals surface area contributed by atoms with Crippen LogP contribution in [0.25, 0.3) is 0 Å². The standard InChI is InChI=1S/C23H25NO/c1-16(17-10-6-4-7-11-17)18-14-20(22(25)21(24)15-18)23(2,3)19-12-8-5-9-13-19/h4-16,25H,24H2,1-3H3. The Morgan fingerprint density at radius 3 is 2.00 bits per heavy atom. The fraction of sp³-hybridized carbons (Fsp3) is 0.217. The fourth-order valence-electron chi connectivity index (χ4n) is 3.35. The van der Waals surface area contributed by atoms with Crippen LogP contribution >= 0.6 is 0 Å². The van der Waals surface area contributed by atoms with Crippen LogP contribution in [0.4, 0.5) is 5.69 Å². The van der Waals surface area contributed by atoms with Crippen LogP contribution in [-0.2, 0) is 5.41 Å². The van der Waals surface area contributed by atoms with Crippen molar-refractivity contribution in [3.8, 4) is 5.75 Å². The second-order valence-corrected chi connectivity index (χ2v) is 7.13. The predicted molar refractivity (Wildman–Crippen MR) is 105 cm³/mol. The third-order valence-corrected chi connectivity index (χ3v) is 5.13. The second kappa shape index (κ2) is 6.64. The molecule has 0 heterocycles. The van der Waals surface area contributed by atoms with Gasteiger partial charge in [0.2, 0.25) is 0 Å². The lowest BCUT2D eigenvalue weighted by Gasteiger charge is -2.29. The Bertz CT molecular complexity index is 854. The summed E-state index contributed by atoms with van der Waals surface area (Å²) in [6.45, 7) is 6.40. The van der Waals surface area contributed by atoms with Gasteiger partial charge in [0, 0.05) is 16.9 Å². The summed E-state index contributed by atoms with van der Waals surface area (Å²) in [5.74, 6) is 0.382. The normalized spacial score (nSPS) is 12.8. The summed E-state index contributed by atoms with van der Waals surface area (Å²) in [5.41, 5.74) is 10.6. The van der Waals surface area contributed by atoms with Gasteiger partial charge in [-0.25, -0.2) is 0 Å². The van der Waals surface area contributed by atoms with Gasteiger partial charge in [-0.2, -0.15) is 0 Å². The Morgan fingerprint density at radius 1 is 0.840 bits per heavy atom. The first kappa shape index (κ1) is 17.1. The topological polar surface area (TPSA) is 46.2 Å². The van der Waals surface area contributed by atoms with Crippen LogP contribution in [0.2, 0.25) is 0 Å². The van der Waals surface area contributed by atoms with Crippen molar-refractivity contribution in [2.75, 3.05) is 5.73 Å². The van der Waals surface area contributed by atoms with Gasteiger partial charge in [-0.3, -0.25) is 0 Å². The molecule has 1 atom stereocenters. The van der Waals surface area contributed by atoms with Crippen LogP contribution < -0.4 is 5.73 Å². The molecule has 0 fully saturated rings. The molecule has 3 aromatic carbocycles. The molecule has 2 heteroatoms. The lowest BCUT2D eigenvalue weighted by atomic mass is 9.76. The molecule has 0 aromatic heterocycles. The molecule has 3 aromatic rings. The van der Waals surface area contributed by atoms with Crippen LogP contribution in [0.15, 0.2) is 72.8 Å². The van der Waals surface area contributed by atoms with E-state index in [1.165, 1.54) is 5.56 Å².